The summed E-state index contributed by atoms with van der Waals surface area (Å²) in [6.45, 7) is 4.17. The summed E-state index contributed by atoms with van der Waals surface area (Å²) >= 11 is 1.52. The molecule has 0 spiro atoms. The van der Waals surface area contributed by atoms with Crippen LogP contribution in [0.3, 0.4) is 0 Å². The molecule has 0 N–H and O–H groups in total. The second kappa shape index (κ2) is 7.13. The zero-order chi connectivity index (χ0) is 17.9. The normalized spacial score (nSPS) is 11.0. The average Bonchev–Trinajstić information content (AvgIpc) is 3.30. The molecule has 2 heterocycles. The maximum Gasteiger partial charge on any atom is 0.237 e. The molecule has 26 heavy (non-hydrogen) atoms. The first kappa shape index (κ1) is 16.5. The SMILES string of the molecule is Cc1ccc(-n2cnnc2SCc2nc(-c3ccccc3)no2)c(C)c1. The molecule has 2 aromatic heterocycles. The Morgan fingerprint density at radius 1 is 1.08 bits per heavy atom. The molecule has 2 aromatic carbocycles. The first-order valence-corrected chi connectivity index (χ1v) is 9.18. The van der Waals surface area contributed by atoms with E-state index in [9.17, 15) is 0 Å². The molecule has 0 fully saturated rings. The lowest BCUT2D eigenvalue weighted by atomic mass is 10.1. The van der Waals surface area contributed by atoms with E-state index in [0.717, 1.165) is 16.4 Å². The number of benzene rings is 2. The molecule has 0 atom stereocenters. The van der Waals surface area contributed by atoms with Crippen molar-refractivity contribution in [2.24, 2.45) is 0 Å². The van der Waals surface area contributed by atoms with E-state index in [1.54, 1.807) is 6.33 Å². The third kappa shape index (κ3) is 3.39. The summed E-state index contributed by atoms with van der Waals surface area (Å²) in [5, 5.41) is 13.1. The molecule has 0 saturated carbocycles. The predicted molar refractivity (Wildman–Crippen MR) is 100 cm³/mol. The van der Waals surface area contributed by atoms with Gasteiger partial charge in [-0.3, -0.25) is 4.57 Å². The van der Waals surface area contributed by atoms with Crippen molar-refractivity contribution in [3.05, 3.63) is 71.9 Å². The zero-order valence-electron chi connectivity index (χ0n) is 14.5. The Hall–Kier alpha value is -2.93. The monoisotopic (exact) mass is 363 g/mol. The van der Waals surface area contributed by atoms with Crippen LogP contribution in [0.4, 0.5) is 0 Å². The van der Waals surface area contributed by atoms with E-state index in [1.807, 2.05) is 34.9 Å². The van der Waals surface area contributed by atoms with Gasteiger partial charge in [0, 0.05) is 5.56 Å². The summed E-state index contributed by atoms with van der Waals surface area (Å²) in [5.41, 5.74) is 4.41. The second-order valence-corrected chi connectivity index (χ2v) is 6.88. The average molecular weight is 363 g/mol. The minimum atomic E-state index is 0.531. The van der Waals surface area contributed by atoms with Crippen LogP contribution in [0.25, 0.3) is 17.1 Å². The van der Waals surface area contributed by atoms with Crippen LogP contribution >= 0.6 is 11.8 Å². The maximum atomic E-state index is 5.36. The molecule has 0 aliphatic heterocycles. The van der Waals surface area contributed by atoms with Crippen molar-refractivity contribution in [3.8, 4) is 17.1 Å². The van der Waals surface area contributed by atoms with E-state index < -0.39 is 0 Å². The highest BCUT2D eigenvalue weighted by molar-refractivity contribution is 7.98. The summed E-state index contributed by atoms with van der Waals surface area (Å²) in [7, 11) is 0. The van der Waals surface area contributed by atoms with Crippen molar-refractivity contribution in [1.29, 1.82) is 0 Å². The zero-order valence-corrected chi connectivity index (χ0v) is 15.3. The van der Waals surface area contributed by atoms with Crippen molar-refractivity contribution in [2.75, 3.05) is 0 Å². The van der Waals surface area contributed by atoms with E-state index in [1.165, 1.54) is 22.9 Å². The molecule has 7 heteroatoms. The van der Waals surface area contributed by atoms with Crippen LogP contribution in [0.2, 0.25) is 0 Å². The summed E-state index contributed by atoms with van der Waals surface area (Å²) in [6, 6.07) is 16.1. The topological polar surface area (TPSA) is 69.6 Å². The number of hydrogen-bond acceptors (Lipinski definition) is 6. The van der Waals surface area contributed by atoms with Gasteiger partial charge in [0.25, 0.3) is 0 Å². The number of rotatable bonds is 5. The van der Waals surface area contributed by atoms with Crippen LogP contribution in [0.5, 0.6) is 0 Å². The first-order chi connectivity index (χ1) is 12.7. The van der Waals surface area contributed by atoms with Gasteiger partial charge in [-0.25, -0.2) is 0 Å². The highest BCUT2D eigenvalue weighted by Crippen LogP contribution is 2.25. The number of aromatic nitrogens is 5. The van der Waals surface area contributed by atoms with Gasteiger partial charge in [0.1, 0.15) is 6.33 Å². The van der Waals surface area contributed by atoms with Crippen LogP contribution in [-0.2, 0) is 5.75 Å². The summed E-state index contributed by atoms with van der Waals surface area (Å²) in [6.07, 6.45) is 1.73. The van der Waals surface area contributed by atoms with Gasteiger partial charge in [-0.15, -0.1) is 10.2 Å². The van der Waals surface area contributed by atoms with Gasteiger partial charge in [0.15, 0.2) is 5.16 Å². The number of nitrogens with zero attached hydrogens (tertiary/aromatic N) is 5. The number of thioether (sulfide) groups is 1. The van der Waals surface area contributed by atoms with Gasteiger partial charge >= 0.3 is 0 Å². The Morgan fingerprint density at radius 3 is 2.73 bits per heavy atom. The quantitative estimate of drug-likeness (QED) is 0.494. The highest BCUT2D eigenvalue weighted by Gasteiger charge is 2.13. The predicted octanol–water partition coefficient (Wildman–Crippen LogP) is 4.23. The second-order valence-electron chi connectivity index (χ2n) is 5.94. The molecule has 0 saturated heterocycles. The first-order valence-electron chi connectivity index (χ1n) is 8.19. The number of aryl methyl sites for hydroxylation is 2. The largest absolute Gasteiger partial charge is 0.338 e. The third-order valence-electron chi connectivity index (χ3n) is 3.95. The Labute approximate surface area is 155 Å². The van der Waals surface area contributed by atoms with Gasteiger partial charge in [-0.05, 0) is 25.5 Å². The van der Waals surface area contributed by atoms with Crippen molar-refractivity contribution in [3.63, 3.8) is 0 Å². The molecule has 0 aliphatic carbocycles. The molecule has 0 amide bonds. The third-order valence-corrected chi connectivity index (χ3v) is 4.88. The molecule has 0 unspecified atom stereocenters. The van der Waals surface area contributed by atoms with Crippen LogP contribution < -0.4 is 0 Å². The molecule has 6 nitrogen and oxygen atoms in total. The van der Waals surface area contributed by atoms with Gasteiger partial charge in [0.2, 0.25) is 11.7 Å². The molecule has 0 aliphatic rings. The van der Waals surface area contributed by atoms with E-state index in [0.29, 0.717) is 17.5 Å². The van der Waals surface area contributed by atoms with Crippen LogP contribution in [0, 0.1) is 13.8 Å². The van der Waals surface area contributed by atoms with Gasteiger partial charge < -0.3 is 4.52 Å². The lowest BCUT2D eigenvalue weighted by Gasteiger charge is -2.09. The lowest BCUT2D eigenvalue weighted by molar-refractivity contribution is 0.391. The van der Waals surface area contributed by atoms with E-state index in [2.05, 4.69) is 52.4 Å². The number of hydrogen-bond donors (Lipinski definition) is 0. The van der Waals surface area contributed by atoms with Crippen molar-refractivity contribution in [1.82, 2.24) is 24.9 Å². The molecule has 4 aromatic rings. The van der Waals surface area contributed by atoms with E-state index in [-0.39, 0.29) is 0 Å². The Kier molecular flexibility index (Phi) is 4.53. The van der Waals surface area contributed by atoms with Crippen LogP contribution in [0.1, 0.15) is 17.0 Å². The Morgan fingerprint density at radius 2 is 1.92 bits per heavy atom. The summed E-state index contributed by atoms with van der Waals surface area (Å²) in [4.78, 5) is 4.46. The summed E-state index contributed by atoms with van der Waals surface area (Å²) in [5.74, 6) is 1.68. The Balaban J connectivity index is 1.51. The fourth-order valence-electron chi connectivity index (χ4n) is 2.71. The molecule has 0 radical (unpaired) electrons. The van der Waals surface area contributed by atoms with Gasteiger partial charge in [0.05, 0.1) is 11.4 Å². The highest BCUT2D eigenvalue weighted by atomic mass is 32.2. The molecular weight excluding hydrogens is 346 g/mol. The van der Waals surface area contributed by atoms with Gasteiger partial charge in [-0.1, -0.05) is 64.9 Å². The van der Waals surface area contributed by atoms with Crippen molar-refractivity contribution >= 4 is 11.8 Å². The molecule has 0 bridgehead atoms. The summed E-state index contributed by atoms with van der Waals surface area (Å²) < 4.78 is 7.34. The lowest BCUT2D eigenvalue weighted by Crippen LogP contribution is -1.98. The van der Waals surface area contributed by atoms with Crippen molar-refractivity contribution in [2.45, 2.75) is 24.8 Å². The fraction of sp³-hybridized carbons (Fsp3) is 0.158. The minimum Gasteiger partial charge on any atom is -0.338 e. The fourth-order valence-corrected chi connectivity index (χ4v) is 3.47. The van der Waals surface area contributed by atoms with E-state index >= 15 is 0 Å². The maximum absolute atomic E-state index is 5.36. The Bertz CT molecular complexity index is 1030. The van der Waals surface area contributed by atoms with Gasteiger partial charge in [-0.2, -0.15) is 4.98 Å². The molecular formula is C19H17N5OS. The van der Waals surface area contributed by atoms with Crippen molar-refractivity contribution < 1.29 is 4.52 Å². The smallest absolute Gasteiger partial charge is 0.237 e. The van der Waals surface area contributed by atoms with Crippen LogP contribution in [-0.4, -0.2) is 24.9 Å². The molecule has 4 rings (SSSR count). The molecule has 130 valence electrons. The van der Waals surface area contributed by atoms with E-state index in [4.69, 9.17) is 4.52 Å². The minimum absolute atomic E-state index is 0.531. The van der Waals surface area contributed by atoms with Crippen LogP contribution in [0.15, 0.2) is 64.5 Å². The standard InChI is InChI=1S/C19H17N5OS/c1-13-8-9-16(14(2)10-13)24-12-20-22-19(24)26-11-17-21-18(23-25-17)15-6-4-3-5-7-15/h3-10,12H,11H2,1-2H3.